The SMILES string of the molecule is Cc1cc(C(=O)NC2CNC2)ccc1Br. The quantitative estimate of drug-likeness (QED) is 0.853. The van der Waals surface area contributed by atoms with Gasteiger partial charge in [0.2, 0.25) is 0 Å². The number of amides is 1. The molecule has 1 aromatic rings. The lowest BCUT2D eigenvalue weighted by molar-refractivity contribution is 0.0924. The van der Waals surface area contributed by atoms with Gasteiger partial charge in [-0.3, -0.25) is 4.79 Å². The highest BCUT2D eigenvalue weighted by Crippen LogP contribution is 2.17. The van der Waals surface area contributed by atoms with Crippen molar-refractivity contribution in [2.75, 3.05) is 13.1 Å². The Hall–Kier alpha value is -0.870. The lowest BCUT2D eigenvalue weighted by atomic mass is 10.1. The number of nitrogens with one attached hydrogen (secondary N) is 2. The van der Waals surface area contributed by atoms with Crippen LogP contribution >= 0.6 is 15.9 Å². The van der Waals surface area contributed by atoms with Gasteiger partial charge in [0.05, 0.1) is 6.04 Å². The summed E-state index contributed by atoms with van der Waals surface area (Å²) in [5.41, 5.74) is 1.80. The molecule has 0 atom stereocenters. The molecule has 1 aromatic carbocycles. The number of carbonyl (C=O) groups excluding carboxylic acids is 1. The van der Waals surface area contributed by atoms with Crippen molar-refractivity contribution in [1.29, 1.82) is 0 Å². The second-order valence-corrected chi connectivity index (χ2v) is 4.65. The molecule has 1 aliphatic heterocycles. The van der Waals surface area contributed by atoms with E-state index >= 15 is 0 Å². The van der Waals surface area contributed by atoms with Crippen molar-refractivity contribution >= 4 is 21.8 Å². The molecule has 1 fully saturated rings. The summed E-state index contributed by atoms with van der Waals surface area (Å²) < 4.78 is 1.03. The van der Waals surface area contributed by atoms with Crippen molar-refractivity contribution in [3.63, 3.8) is 0 Å². The van der Waals surface area contributed by atoms with Gasteiger partial charge in [-0.2, -0.15) is 0 Å². The van der Waals surface area contributed by atoms with Crippen LogP contribution in [0.1, 0.15) is 15.9 Å². The predicted octanol–water partition coefficient (Wildman–Crippen LogP) is 1.46. The molecule has 4 heteroatoms. The zero-order valence-corrected chi connectivity index (χ0v) is 10.1. The van der Waals surface area contributed by atoms with Gasteiger partial charge in [-0.15, -0.1) is 0 Å². The first-order valence-corrected chi connectivity index (χ1v) is 5.74. The van der Waals surface area contributed by atoms with Crippen molar-refractivity contribution in [2.45, 2.75) is 13.0 Å². The fraction of sp³-hybridized carbons (Fsp3) is 0.364. The number of hydrogen-bond donors (Lipinski definition) is 2. The minimum atomic E-state index is 0.0112. The van der Waals surface area contributed by atoms with Gasteiger partial charge in [-0.25, -0.2) is 0 Å². The summed E-state index contributed by atoms with van der Waals surface area (Å²) in [6, 6.07) is 5.93. The summed E-state index contributed by atoms with van der Waals surface area (Å²) in [6.07, 6.45) is 0. The minimum Gasteiger partial charge on any atom is -0.347 e. The Bertz CT molecular complexity index is 388. The fourth-order valence-electron chi connectivity index (χ4n) is 1.45. The highest BCUT2D eigenvalue weighted by molar-refractivity contribution is 9.10. The van der Waals surface area contributed by atoms with E-state index < -0.39 is 0 Å². The molecule has 0 aromatic heterocycles. The van der Waals surface area contributed by atoms with Gasteiger partial charge >= 0.3 is 0 Å². The van der Waals surface area contributed by atoms with Crippen molar-refractivity contribution in [2.24, 2.45) is 0 Å². The summed E-state index contributed by atoms with van der Waals surface area (Å²) in [6.45, 7) is 3.73. The molecular weight excluding hydrogens is 256 g/mol. The van der Waals surface area contributed by atoms with E-state index in [0.29, 0.717) is 6.04 Å². The highest BCUT2D eigenvalue weighted by atomic mass is 79.9. The Morgan fingerprint density at radius 1 is 1.53 bits per heavy atom. The van der Waals surface area contributed by atoms with E-state index in [1.807, 2.05) is 25.1 Å². The largest absolute Gasteiger partial charge is 0.347 e. The summed E-state index contributed by atoms with van der Waals surface area (Å²) in [5, 5.41) is 6.08. The second-order valence-electron chi connectivity index (χ2n) is 3.79. The lowest BCUT2D eigenvalue weighted by Gasteiger charge is -2.27. The van der Waals surface area contributed by atoms with Crippen LogP contribution in [0.15, 0.2) is 22.7 Å². The number of rotatable bonds is 2. The van der Waals surface area contributed by atoms with Gasteiger partial charge in [-0.05, 0) is 30.7 Å². The molecule has 0 radical (unpaired) electrons. The van der Waals surface area contributed by atoms with Gasteiger partial charge in [0.1, 0.15) is 0 Å². The maximum atomic E-state index is 11.8. The smallest absolute Gasteiger partial charge is 0.251 e. The van der Waals surface area contributed by atoms with Crippen LogP contribution in [0.4, 0.5) is 0 Å². The number of benzene rings is 1. The first kappa shape index (κ1) is 10.6. The molecule has 1 aliphatic rings. The third kappa shape index (κ3) is 2.38. The fourth-order valence-corrected chi connectivity index (χ4v) is 1.69. The van der Waals surface area contributed by atoms with Gasteiger partial charge in [0.25, 0.3) is 5.91 Å². The van der Waals surface area contributed by atoms with Gasteiger partial charge in [-0.1, -0.05) is 15.9 Å². The van der Waals surface area contributed by atoms with E-state index in [2.05, 4.69) is 26.6 Å². The third-order valence-corrected chi connectivity index (χ3v) is 3.43. The number of aryl methyl sites for hydroxylation is 1. The van der Waals surface area contributed by atoms with Gasteiger partial charge < -0.3 is 10.6 Å². The zero-order chi connectivity index (χ0) is 10.8. The molecule has 0 spiro atoms. The molecule has 2 N–H and O–H groups in total. The van der Waals surface area contributed by atoms with E-state index in [-0.39, 0.29) is 5.91 Å². The van der Waals surface area contributed by atoms with Gasteiger partial charge in [0, 0.05) is 23.1 Å². The predicted molar refractivity (Wildman–Crippen MR) is 63.0 cm³/mol. The number of halogens is 1. The van der Waals surface area contributed by atoms with Crippen LogP contribution in [0.5, 0.6) is 0 Å². The maximum absolute atomic E-state index is 11.8. The van der Waals surface area contributed by atoms with Crippen LogP contribution in [0.2, 0.25) is 0 Å². The molecule has 80 valence electrons. The topological polar surface area (TPSA) is 41.1 Å². The van der Waals surface area contributed by atoms with Crippen molar-refractivity contribution in [3.8, 4) is 0 Å². The van der Waals surface area contributed by atoms with Crippen LogP contribution < -0.4 is 10.6 Å². The van der Waals surface area contributed by atoms with Crippen LogP contribution in [-0.2, 0) is 0 Å². The third-order valence-electron chi connectivity index (χ3n) is 2.54. The van der Waals surface area contributed by atoms with Crippen LogP contribution in [0.25, 0.3) is 0 Å². The lowest BCUT2D eigenvalue weighted by Crippen LogP contribution is -2.56. The van der Waals surface area contributed by atoms with Crippen LogP contribution in [0.3, 0.4) is 0 Å². The Labute approximate surface area is 97.4 Å². The first-order valence-electron chi connectivity index (χ1n) is 4.94. The molecule has 0 unspecified atom stereocenters. The molecule has 1 heterocycles. The van der Waals surface area contributed by atoms with E-state index in [4.69, 9.17) is 0 Å². The van der Waals surface area contributed by atoms with E-state index in [9.17, 15) is 4.79 Å². The summed E-state index contributed by atoms with van der Waals surface area (Å²) in [5.74, 6) is 0.0112. The first-order chi connectivity index (χ1) is 7.16. The molecule has 1 amide bonds. The van der Waals surface area contributed by atoms with E-state index in [1.165, 1.54) is 0 Å². The van der Waals surface area contributed by atoms with Crippen molar-refractivity contribution < 1.29 is 4.79 Å². The van der Waals surface area contributed by atoms with E-state index in [1.54, 1.807) is 0 Å². The Balaban J connectivity index is 2.07. The molecule has 3 nitrogen and oxygen atoms in total. The monoisotopic (exact) mass is 268 g/mol. The maximum Gasteiger partial charge on any atom is 0.251 e. The molecule has 1 saturated heterocycles. The summed E-state index contributed by atoms with van der Waals surface area (Å²) >= 11 is 3.41. The van der Waals surface area contributed by atoms with Crippen LogP contribution in [-0.4, -0.2) is 25.0 Å². The number of carbonyl (C=O) groups is 1. The molecule has 0 aliphatic carbocycles. The molecular formula is C11H13BrN2O. The average molecular weight is 269 g/mol. The second kappa shape index (κ2) is 4.33. The summed E-state index contributed by atoms with van der Waals surface area (Å²) in [4.78, 5) is 11.8. The zero-order valence-electron chi connectivity index (χ0n) is 8.51. The Morgan fingerprint density at radius 3 is 2.80 bits per heavy atom. The highest BCUT2D eigenvalue weighted by Gasteiger charge is 2.19. The summed E-state index contributed by atoms with van der Waals surface area (Å²) in [7, 11) is 0. The van der Waals surface area contributed by atoms with Gasteiger partial charge in [0.15, 0.2) is 0 Å². The Kier molecular flexibility index (Phi) is 3.07. The molecule has 0 bridgehead atoms. The standard InChI is InChI=1S/C11H13BrN2O/c1-7-4-8(2-3-10(7)12)11(15)14-9-5-13-6-9/h2-4,9,13H,5-6H2,1H3,(H,14,15). The Morgan fingerprint density at radius 2 is 2.27 bits per heavy atom. The van der Waals surface area contributed by atoms with E-state index in [0.717, 1.165) is 28.7 Å². The van der Waals surface area contributed by atoms with Crippen molar-refractivity contribution in [3.05, 3.63) is 33.8 Å². The van der Waals surface area contributed by atoms with Crippen molar-refractivity contribution in [1.82, 2.24) is 10.6 Å². The molecule has 2 rings (SSSR count). The number of hydrogen-bond acceptors (Lipinski definition) is 2. The average Bonchev–Trinajstić information content (AvgIpc) is 2.15. The normalized spacial score (nSPS) is 15.9. The molecule has 0 saturated carbocycles. The van der Waals surface area contributed by atoms with Crippen LogP contribution in [0, 0.1) is 6.92 Å². The minimum absolute atomic E-state index is 0.0112. The molecule has 15 heavy (non-hydrogen) atoms.